The summed E-state index contributed by atoms with van der Waals surface area (Å²) in [6, 6.07) is 13.4. The van der Waals surface area contributed by atoms with Gasteiger partial charge in [-0.3, -0.25) is 4.79 Å². The minimum atomic E-state index is -0.222. The Kier molecular flexibility index (Phi) is 5.12. The third-order valence-electron chi connectivity index (χ3n) is 3.01. The molecule has 0 saturated carbocycles. The third kappa shape index (κ3) is 3.82. The first-order valence-corrected chi connectivity index (χ1v) is 6.87. The van der Waals surface area contributed by atoms with Crippen molar-refractivity contribution in [2.45, 2.75) is 26.2 Å². The summed E-state index contributed by atoms with van der Waals surface area (Å²) in [7, 11) is 0. The Hall–Kier alpha value is -2.36. The average molecular weight is 269 g/mol. The van der Waals surface area contributed by atoms with Gasteiger partial charge in [0.2, 0.25) is 0 Å². The van der Waals surface area contributed by atoms with Crippen molar-refractivity contribution in [1.82, 2.24) is 10.4 Å². The number of aromatic nitrogens is 1. The van der Waals surface area contributed by atoms with Gasteiger partial charge < -0.3 is 4.98 Å². The number of hydrogen-bond acceptors (Lipinski definition) is 2. The number of amides is 1. The van der Waals surface area contributed by atoms with Crippen LogP contribution in [0.3, 0.4) is 0 Å². The van der Waals surface area contributed by atoms with Crippen molar-refractivity contribution in [3.63, 3.8) is 0 Å². The molecule has 2 rings (SSSR count). The molecule has 0 unspecified atom stereocenters. The Morgan fingerprint density at radius 1 is 1.20 bits per heavy atom. The lowest BCUT2D eigenvalue weighted by Gasteiger charge is -2.06. The second-order valence-electron chi connectivity index (χ2n) is 4.55. The van der Waals surface area contributed by atoms with Crippen LogP contribution >= 0.6 is 0 Å². The summed E-state index contributed by atoms with van der Waals surface area (Å²) in [4.78, 5) is 14.7. The third-order valence-corrected chi connectivity index (χ3v) is 3.01. The zero-order valence-electron chi connectivity index (χ0n) is 11.6. The molecular weight excluding hydrogens is 250 g/mol. The van der Waals surface area contributed by atoms with Crippen LogP contribution in [0.1, 0.15) is 42.2 Å². The molecule has 1 heterocycles. The summed E-state index contributed by atoms with van der Waals surface area (Å²) in [5, 5.41) is 4.28. The Labute approximate surface area is 118 Å². The Morgan fingerprint density at radius 2 is 2.00 bits per heavy atom. The van der Waals surface area contributed by atoms with Crippen molar-refractivity contribution in [2.75, 3.05) is 0 Å². The van der Waals surface area contributed by atoms with E-state index in [1.54, 1.807) is 18.3 Å². The monoisotopic (exact) mass is 269 g/mol. The topological polar surface area (TPSA) is 57.2 Å². The van der Waals surface area contributed by atoms with Crippen LogP contribution in [0.25, 0.3) is 0 Å². The van der Waals surface area contributed by atoms with Crippen molar-refractivity contribution in [3.05, 3.63) is 59.9 Å². The van der Waals surface area contributed by atoms with Crippen molar-refractivity contribution in [1.29, 1.82) is 0 Å². The van der Waals surface area contributed by atoms with Crippen LogP contribution in [0.15, 0.2) is 53.8 Å². The molecule has 0 radical (unpaired) electrons. The molecule has 4 heteroatoms. The second kappa shape index (κ2) is 7.28. The van der Waals surface area contributed by atoms with Gasteiger partial charge in [0.1, 0.15) is 5.69 Å². The maximum Gasteiger partial charge on any atom is 0.287 e. The summed E-state index contributed by atoms with van der Waals surface area (Å²) in [5.41, 5.74) is 5.08. The number of rotatable bonds is 6. The standard InChI is InChI=1S/C16H19N3O/c1-2-3-10-14(13-8-5-4-6-9-13)18-19-16(20)15-11-7-12-17-15/h4-9,11-12,17H,2-3,10H2,1H3,(H,19,20)/b18-14-. The number of benzene rings is 1. The zero-order chi connectivity index (χ0) is 14.2. The predicted octanol–water partition coefficient (Wildman–Crippen LogP) is 3.34. The van der Waals surface area contributed by atoms with Crippen molar-refractivity contribution in [2.24, 2.45) is 5.10 Å². The van der Waals surface area contributed by atoms with E-state index in [2.05, 4.69) is 22.4 Å². The zero-order valence-corrected chi connectivity index (χ0v) is 11.6. The predicted molar refractivity (Wildman–Crippen MR) is 80.8 cm³/mol. The summed E-state index contributed by atoms with van der Waals surface area (Å²) in [6.07, 6.45) is 4.71. The Morgan fingerprint density at radius 3 is 2.65 bits per heavy atom. The number of H-pyrrole nitrogens is 1. The van der Waals surface area contributed by atoms with Crippen LogP contribution in [-0.4, -0.2) is 16.6 Å². The first-order valence-electron chi connectivity index (χ1n) is 6.87. The minimum absolute atomic E-state index is 0.222. The van der Waals surface area contributed by atoms with E-state index in [0.29, 0.717) is 5.69 Å². The van der Waals surface area contributed by atoms with Gasteiger partial charge in [-0.2, -0.15) is 5.10 Å². The molecule has 104 valence electrons. The first kappa shape index (κ1) is 14.1. The van der Waals surface area contributed by atoms with Crippen LogP contribution < -0.4 is 5.43 Å². The van der Waals surface area contributed by atoms with E-state index in [-0.39, 0.29) is 5.91 Å². The van der Waals surface area contributed by atoms with Gasteiger partial charge in [0.15, 0.2) is 0 Å². The molecule has 0 saturated heterocycles. The van der Waals surface area contributed by atoms with Gasteiger partial charge in [-0.05, 0) is 30.5 Å². The molecule has 0 bridgehead atoms. The molecule has 2 aromatic rings. The van der Waals surface area contributed by atoms with Gasteiger partial charge in [-0.25, -0.2) is 5.43 Å². The fourth-order valence-electron chi connectivity index (χ4n) is 1.89. The summed E-state index contributed by atoms with van der Waals surface area (Å²) in [5.74, 6) is -0.222. The molecule has 2 N–H and O–H groups in total. The van der Waals surface area contributed by atoms with Crippen LogP contribution in [0, 0.1) is 0 Å². The molecular formula is C16H19N3O. The quantitative estimate of drug-likeness (QED) is 0.613. The summed E-state index contributed by atoms with van der Waals surface area (Å²) >= 11 is 0. The lowest BCUT2D eigenvalue weighted by Crippen LogP contribution is -2.20. The van der Waals surface area contributed by atoms with Gasteiger partial charge in [0, 0.05) is 6.20 Å². The molecule has 4 nitrogen and oxygen atoms in total. The van der Waals surface area contributed by atoms with E-state index in [0.717, 1.165) is 30.5 Å². The average Bonchev–Trinajstić information content (AvgIpc) is 3.02. The van der Waals surface area contributed by atoms with E-state index < -0.39 is 0 Å². The lowest BCUT2D eigenvalue weighted by molar-refractivity contribution is 0.0950. The van der Waals surface area contributed by atoms with Crippen LogP contribution in [-0.2, 0) is 0 Å². The smallest absolute Gasteiger partial charge is 0.287 e. The number of nitrogens with zero attached hydrogens (tertiary/aromatic N) is 1. The highest BCUT2D eigenvalue weighted by Crippen LogP contribution is 2.08. The first-order chi connectivity index (χ1) is 9.81. The number of aromatic amines is 1. The molecule has 0 aliphatic heterocycles. The fourth-order valence-corrected chi connectivity index (χ4v) is 1.89. The van der Waals surface area contributed by atoms with Gasteiger partial charge in [-0.1, -0.05) is 43.7 Å². The van der Waals surface area contributed by atoms with E-state index >= 15 is 0 Å². The number of carbonyl (C=O) groups excluding carboxylic acids is 1. The maximum absolute atomic E-state index is 11.9. The number of hydrogen-bond donors (Lipinski definition) is 2. The normalized spacial score (nSPS) is 11.3. The minimum Gasteiger partial charge on any atom is -0.357 e. The number of unbranched alkanes of at least 4 members (excludes halogenated alkanes) is 1. The molecule has 20 heavy (non-hydrogen) atoms. The largest absolute Gasteiger partial charge is 0.357 e. The molecule has 1 amide bonds. The van der Waals surface area contributed by atoms with Gasteiger partial charge >= 0.3 is 0 Å². The highest BCUT2D eigenvalue weighted by molar-refractivity contribution is 6.02. The SMILES string of the molecule is CCCC/C(=N/NC(=O)c1ccc[nH]1)c1ccccc1. The van der Waals surface area contributed by atoms with Crippen LogP contribution in [0.5, 0.6) is 0 Å². The van der Waals surface area contributed by atoms with Gasteiger partial charge in [0.25, 0.3) is 5.91 Å². The number of carbonyl (C=O) groups is 1. The second-order valence-corrected chi connectivity index (χ2v) is 4.55. The van der Waals surface area contributed by atoms with Crippen molar-refractivity contribution in [3.8, 4) is 0 Å². The molecule has 1 aromatic carbocycles. The number of hydrazone groups is 1. The lowest BCUT2D eigenvalue weighted by atomic mass is 10.1. The van der Waals surface area contributed by atoms with Crippen LogP contribution in [0.4, 0.5) is 0 Å². The highest BCUT2D eigenvalue weighted by atomic mass is 16.2. The van der Waals surface area contributed by atoms with Crippen molar-refractivity contribution >= 4 is 11.6 Å². The highest BCUT2D eigenvalue weighted by Gasteiger charge is 2.07. The summed E-state index contributed by atoms with van der Waals surface area (Å²) < 4.78 is 0. The summed E-state index contributed by atoms with van der Waals surface area (Å²) in [6.45, 7) is 2.14. The molecule has 0 aliphatic carbocycles. The van der Waals surface area contributed by atoms with E-state index in [1.807, 2.05) is 30.3 Å². The van der Waals surface area contributed by atoms with E-state index in [1.165, 1.54) is 0 Å². The van der Waals surface area contributed by atoms with Gasteiger partial charge in [-0.15, -0.1) is 0 Å². The van der Waals surface area contributed by atoms with E-state index in [4.69, 9.17) is 0 Å². The fraction of sp³-hybridized carbons (Fsp3) is 0.250. The molecule has 1 aromatic heterocycles. The molecule has 0 atom stereocenters. The number of nitrogens with one attached hydrogen (secondary N) is 2. The molecule has 0 spiro atoms. The Balaban J connectivity index is 2.10. The van der Waals surface area contributed by atoms with Crippen molar-refractivity contribution < 1.29 is 4.79 Å². The molecule has 0 aliphatic rings. The molecule has 0 fully saturated rings. The maximum atomic E-state index is 11.9. The van der Waals surface area contributed by atoms with Crippen LogP contribution in [0.2, 0.25) is 0 Å². The Bertz CT molecular complexity index is 559. The van der Waals surface area contributed by atoms with E-state index in [9.17, 15) is 4.79 Å². The van der Waals surface area contributed by atoms with Gasteiger partial charge in [0.05, 0.1) is 5.71 Å².